The van der Waals surface area contributed by atoms with Crippen molar-refractivity contribution < 1.29 is 4.79 Å². The van der Waals surface area contributed by atoms with Crippen molar-refractivity contribution in [3.05, 3.63) is 35.5 Å². The SMILES string of the molecule is CC1=CCC(/C=C/C2CCC(C)=CC2=O)CC1. The van der Waals surface area contributed by atoms with Gasteiger partial charge in [-0.25, -0.2) is 0 Å². The third-order valence-electron chi connectivity index (χ3n) is 3.90. The Kier molecular flexibility index (Phi) is 3.98. The monoisotopic (exact) mass is 230 g/mol. The van der Waals surface area contributed by atoms with Gasteiger partial charge in [0.2, 0.25) is 0 Å². The molecule has 0 bridgehead atoms. The molecule has 2 atom stereocenters. The van der Waals surface area contributed by atoms with Gasteiger partial charge < -0.3 is 0 Å². The second kappa shape index (κ2) is 5.48. The maximum atomic E-state index is 11.8. The summed E-state index contributed by atoms with van der Waals surface area (Å²) in [6, 6.07) is 0. The predicted molar refractivity (Wildman–Crippen MR) is 71.7 cm³/mol. The van der Waals surface area contributed by atoms with E-state index in [1.54, 1.807) is 0 Å². The van der Waals surface area contributed by atoms with Crippen LogP contribution in [0.25, 0.3) is 0 Å². The van der Waals surface area contributed by atoms with Crippen molar-refractivity contribution in [2.24, 2.45) is 11.8 Å². The Hall–Kier alpha value is -1.11. The second-order valence-electron chi connectivity index (χ2n) is 5.51. The van der Waals surface area contributed by atoms with Crippen LogP contribution in [-0.4, -0.2) is 5.78 Å². The maximum absolute atomic E-state index is 11.8. The van der Waals surface area contributed by atoms with E-state index in [4.69, 9.17) is 0 Å². The van der Waals surface area contributed by atoms with Gasteiger partial charge in [-0.3, -0.25) is 4.79 Å². The molecule has 0 fully saturated rings. The molecule has 0 amide bonds. The van der Waals surface area contributed by atoms with Crippen molar-refractivity contribution >= 4 is 5.78 Å². The third-order valence-corrected chi connectivity index (χ3v) is 3.90. The normalized spacial score (nSPS) is 30.4. The fourth-order valence-corrected chi connectivity index (χ4v) is 2.59. The number of hydrogen-bond donors (Lipinski definition) is 0. The molecule has 0 saturated heterocycles. The summed E-state index contributed by atoms with van der Waals surface area (Å²) in [7, 11) is 0. The van der Waals surface area contributed by atoms with Crippen molar-refractivity contribution in [1.82, 2.24) is 0 Å². The minimum absolute atomic E-state index is 0.144. The van der Waals surface area contributed by atoms with Gasteiger partial charge in [-0.2, -0.15) is 0 Å². The first kappa shape index (κ1) is 12.3. The molecule has 0 aromatic heterocycles. The van der Waals surface area contributed by atoms with Gasteiger partial charge in [0.1, 0.15) is 0 Å². The van der Waals surface area contributed by atoms with Crippen LogP contribution in [-0.2, 0) is 4.79 Å². The summed E-state index contributed by atoms with van der Waals surface area (Å²) >= 11 is 0. The van der Waals surface area contributed by atoms with Gasteiger partial charge in [-0.05, 0) is 57.9 Å². The van der Waals surface area contributed by atoms with E-state index in [-0.39, 0.29) is 5.92 Å². The number of carbonyl (C=O) groups is 1. The molecule has 0 aliphatic heterocycles. The van der Waals surface area contributed by atoms with Gasteiger partial charge >= 0.3 is 0 Å². The van der Waals surface area contributed by atoms with E-state index in [0.717, 1.165) is 19.3 Å². The Labute approximate surface area is 104 Å². The van der Waals surface area contributed by atoms with Crippen LogP contribution in [0.5, 0.6) is 0 Å². The molecule has 0 N–H and O–H groups in total. The van der Waals surface area contributed by atoms with E-state index < -0.39 is 0 Å². The van der Waals surface area contributed by atoms with Crippen LogP contribution in [0.2, 0.25) is 0 Å². The van der Waals surface area contributed by atoms with E-state index in [1.807, 2.05) is 13.0 Å². The Bertz CT molecular complexity index is 384. The standard InChI is InChI=1S/C16H22O/c1-12-3-6-14(7-4-12)8-10-15-9-5-13(2)11-16(15)17/h3,8,10-11,14-15H,4-7,9H2,1-2H3/b10-8+. The minimum atomic E-state index is 0.144. The zero-order valence-corrected chi connectivity index (χ0v) is 10.9. The number of allylic oxidation sites excluding steroid dienone is 6. The van der Waals surface area contributed by atoms with Crippen molar-refractivity contribution in [2.45, 2.75) is 46.0 Å². The molecule has 92 valence electrons. The molecular weight excluding hydrogens is 208 g/mol. The average molecular weight is 230 g/mol. The first-order valence-electron chi connectivity index (χ1n) is 6.70. The Morgan fingerprint density at radius 3 is 2.53 bits per heavy atom. The molecular formula is C16H22O. The molecule has 17 heavy (non-hydrogen) atoms. The number of hydrogen-bond acceptors (Lipinski definition) is 1. The van der Waals surface area contributed by atoms with Crippen LogP contribution < -0.4 is 0 Å². The van der Waals surface area contributed by atoms with Gasteiger partial charge in [0.05, 0.1) is 0 Å². The van der Waals surface area contributed by atoms with Gasteiger partial charge in [-0.15, -0.1) is 0 Å². The van der Waals surface area contributed by atoms with Crippen LogP contribution in [0.1, 0.15) is 46.0 Å². The molecule has 1 heteroatoms. The zero-order valence-electron chi connectivity index (χ0n) is 10.9. The summed E-state index contributed by atoms with van der Waals surface area (Å²) in [5.74, 6) is 1.09. The van der Waals surface area contributed by atoms with Crippen molar-refractivity contribution in [2.75, 3.05) is 0 Å². The highest BCUT2D eigenvalue weighted by Gasteiger charge is 2.18. The van der Waals surface area contributed by atoms with Gasteiger partial charge in [-0.1, -0.05) is 29.4 Å². The largest absolute Gasteiger partial charge is 0.294 e. The lowest BCUT2D eigenvalue weighted by molar-refractivity contribution is -0.117. The molecule has 0 saturated carbocycles. The summed E-state index contributed by atoms with van der Waals surface area (Å²) in [5, 5.41) is 0. The molecule has 0 aromatic carbocycles. The van der Waals surface area contributed by atoms with Gasteiger partial charge in [0.25, 0.3) is 0 Å². The minimum Gasteiger partial charge on any atom is -0.294 e. The fourth-order valence-electron chi connectivity index (χ4n) is 2.59. The van der Waals surface area contributed by atoms with E-state index in [0.29, 0.717) is 11.7 Å². The first-order valence-corrected chi connectivity index (χ1v) is 6.70. The van der Waals surface area contributed by atoms with E-state index in [2.05, 4.69) is 25.2 Å². The summed E-state index contributed by atoms with van der Waals surface area (Å²) in [6.07, 6.45) is 14.3. The summed E-state index contributed by atoms with van der Waals surface area (Å²) in [6.45, 7) is 4.25. The zero-order chi connectivity index (χ0) is 12.3. The Morgan fingerprint density at radius 2 is 1.88 bits per heavy atom. The summed E-state index contributed by atoms with van der Waals surface area (Å²) in [5.41, 5.74) is 2.75. The van der Waals surface area contributed by atoms with Crippen LogP contribution in [0.4, 0.5) is 0 Å². The Balaban J connectivity index is 1.91. The smallest absolute Gasteiger partial charge is 0.162 e. The van der Waals surface area contributed by atoms with Crippen LogP contribution in [0.15, 0.2) is 35.5 Å². The molecule has 2 unspecified atom stereocenters. The van der Waals surface area contributed by atoms with Gasteiger partial charge in [0.15, 0.2) is 5.78 Å². The molecule has 0 aromatic rings. The molecule has 0 radical (unpaired) electrons. The number of ketones is 1. The molecule has 2 rings (SSSR count). The highest BCUT2D eigenvalue weighted by Crippen LogP contribution is 2.26. The second-order valence-corrected chi connectivity index (χ2v) is 5.51. The lowest BCUT2D eigenvalue weighted by atomic mass is 9.85. The highest BCUT2D eigenvalue weighted by atomic mass is 16.1. The third kappa shape index (κ3) is 3.42. The summed E-state index contributed by atoms with van der Waals surface area (Å²) < 4.78 is 0. The maximum Gasteiger partial charge on any atom is 0.162 e. The van der Waals surface area contributed by atoms with Crippen LogP contribution >= 0.6 is 0 Å². The quantitative estimate of drug-likeness (QED) is 0.649. The molecule has 2 aliphatic carbocycles. The lowest BCUT2D eigenvalue weighted by Gasteiger charge is -2.19. The van der Waals surface area contributed by atoms with E-state index in [1.165, 1.54) is 24.0 Å². The topological polar surface area (TPSA) is 17.1 Å². The lowest BCUT2D eigenvalue weighted by Crippen LogP contribution is -2.15. The number of rotatable bonds is 2. The van der Waals surface area contributed by atoms with Crippen molar-refractivity contribution in [3.8, 4) is 0 Å². The molecule has 1 nitrogen and oxygen atoms in total. The average Bonchev–Trinajstić information content (AvgIpc) is 2.30. The van der Waals surface area contributed by atoms with Crippen molar-refractivity contribution in [3.63, 3.8) is 0 Å². The highest BCUT2D eigenvalue weighted by molar-refractivity contribution is 5.94. The fraction of sp³-hybridized carbons (Fsp3) is 0.562. The number of carbonyl (C=O) groups excluding carboxylic acids is 1. The Morgan fingerprint density at radius 1 is 1.12 bits per heavy atom. The van der Waals surface area contributed by atoms with E-state index >= 15 is 0 Å². The first-order chi connectivity index (χ1) is 8.15. The predicted octanol–water partition coefficient (Wildman–Crippen LogP) is 4.21. The van der Waals surface area contributed by atoms with Crippen LogP contribution in [0, 0.1) is 11.8 Å². The van der Waals surface area contributed by atoms with E-state index in [9.17, 15) is 4.79 Å². The van der Waals surface area contributed by atoms with Crippen LogP contribution in [0.3, 0.4) is 0 Å². The molecule has 0 spiro atoms. The summed E-state index contributed by atoms with van der Waals surface area (Å²) in [4.78, 5) is 11.8. The molecule has 2 aliphatic rings. The van der Waals surface area contributed by atoms with Gasteiger partial charge in [0, 0.05) is 5.92 Å². The molecule has 0 heterocycles. The van der Waals surface area contributed by atoms with Crippen molar-refractivity contribution in [1.29, 1.82) is 0 Å².